The lowest BCUT2D eigenvalue weighted by atomic mass is 9.90. The van der Waals surface area contributed by atoms with E-state index in [1.165, 1.54) is 24.5 Å². The van der Waals surface area contributed by atoms with Crippen LogP contribution in [0.25, 0.3) is 10.1 Å². The normalized spacial score (nSPS) is 11.7. The van der Waals surface area contributed by atoms with Crippen molar-refractivity contribution in [2.75, 3.05) is 13.7 Å². The number of benzene rings is 1. The first-order valence-corrected chi connectivity index (χ1v) is 8.30. The third kappa shape index (κ3) is 3.73. The molecule has 0 unspecified atom stereocenters. The number of hydrogen-bond donors (Lipinski definition) is 2. The maximum absolute atomic E-state index is 14.1. The summed E-state index contributed by atoms with van der Waals surface area (Å²) in [7, 11) is 1.49. The van der Waals surface area contributed by atoms with Gasteiger partial charge in [-0.3, -0.25) is 9.59 Å². The fourth-order valence-electron chi connectivity index (χ4n) is 2.31. The van der Waals surface area contributed by atoms with Crippen molar-refractivity contribution in [1.29, 1.82) is 0 Å². The highest BCUT2D eigenvalue weighted by Gasteiger charge is 2.27. The second-order valence-electron chi connectivity index (χ2n) is 6.15. The number of aliphatic carboxylic acids is 1. The number of amides is 1. The molecule has 0 bridgehead atoms. The van der Waals surface area contributed by atoms with Gasteiger partial charge in [0.05, 0.1) is 16.9 Å². The van der Waals surface area contributed by atoms with E-state index in [0.717, 1.165) is 0 Å². The maximum atomic E-state index is 14.1. The molecule has 2 aromatic rings. The molecule has 0 fully saturated rings. The summed E-state index contributed by atoms with van der Waals surface area (Å²) in [4.78, 5) is 23.9. The van der Waals surface area contributed by atoms with E-state index < -0.39 is 11.4 Å². The van der Waals surface area contributed by atoms with E-state index in [1.54, 1.807) is 26.0 Å². The molecule has 0 radical (unpaired) electrons. The van der Waals surface area contributed by atoms with Gasteiger partial charge in [-0.25, -0.2) is 4.39 Å². The van der Waals surface area contributed by atoms with Crippen LogP contribution in [0.5, 0.6) is 0 Å². The molecule has 5 nitrogen and oxygen atoms in total. The summed E-state index contributed by atoms with van der Waals surface area (Å²) < 4.78 is 19.9. The maximum Gasteiger partial charge on any atom is 0.309 e. The van der Waals surface area contributed by atoms with Crippen molar-refractivity contribution in [3.8, 4) is 0 Å². The Hall–Kier alpha value is -1.99. The van der Waals surface area contributed by atoms with Crippen LogP contribution in [-0.2, 0) is 16.1 Å². The van der Waals surface area contributed by atoms with E-state index in [-0.39, 0.29) is 24.9 Å². The molecular formula is C17H20FNO4S. The molecular weight excluding hydrogens is 333 g/mol. The molecule has 24 heavy (non-hydrogen) atoms. The van der Waals surface area contributed by atoms with Crippen molar-refractivity contribution < 1.29 is 23.8 Å². The predicted molar refractivity (Wildman–Crippen MR) is 90.9 cm³/mol. The number of carbonyl (C=O) groups excluding carboxylic acids is 1. The number of thiophene rings is 1. The Bertz CT molecular complexity index is 769. The number of halogens is 1. The minimum absolute atomic E-state index is 0.129. The average molecular weight is 353 g/mol. The molecule has 1 aromatic heterocycles. The van der Waals surface area contributed by atoms with Crippen molar-refractivity contribution in [3.05, 3.63) is 34.5 Å². The van der Waals surface area contributed by atoms with Gasteiger partial charge in [-0.05, 0) is 32.4 Å². The van der Waals surface area contributed by atoms with E-state index in [9.17, 15) is 14.0 Å². The highest BCUT2D eigenvalue weighted by atomic mass is 32.1. The summed E-state index contributed by atoms with van der Waals surface area (Å²) in [6.07, 6.45) is 0.299. The lowest BCUT2D eigenvalue weighted by Crippen LogP contribution is -2.32. The third-order valence-corrected chi connectivity index (χ3v) is 5.07. The molecule has 1 amide bonds. The zero-order valence-electron chi connectivity index (χ0n) is 13.8. The van der Waals surface area contributed by atoms with Crippen molar-refractivity contribution in [1.82, 2.24) is 5.32 Å². The molecule has 0 aliphatic rings. The number of nitrogens with one attached hydrogen (secondary N) is 1. The van der Waals surface area contributed by atoms with Crippen LogP contribution in [0.2, 0.25) is 0 Å². The van der Waals surface area contributed by atoms with E-state index in [0.29, 0.717) is 26.9 Å². The van der Waals surface area contributed by atoms with Crippen LogP contribution < -0.4 is 5.32 Å². The van der Waals surface area contributed by atoms with Crippen LogP contribution in [0.15, 0.2) is 18.2 Å². The SMILES string of the molecule is COCc1c(C(=O)NCCC(C)(C)C(=O)O)sc2cccc(F)c12. The third-order valence-electron chi connectivity index (χ3n) is 3.87. The quantitative estimate of drug-likeness (QED) is 0.800. The van der Waals surface area contributed by atoms with Crippen molar-refractivity contribution in [2.45, 2.75) is 26.9 Å². The van der Waals surface area contributed by atoms with Gasteiger partial charge in [0.2, 0.25) is 0 Å². The fourth-order valence-corrected chi connectivity index (χ4v) is 3.45. The summed E-state index contributed by atoms with van der Waals surface area (Å²) in [6, 6.07) is 4.71. The van der Waals surface area contributed by atoms with E-state index in [4.69, 9.17) is 9.84 Å². The van der Waals surface area contributed by atoms with Crippen LogP contribution in [0.4, 0.5) is 4.39 Å². The number of carboxylic acids is 1. The molecule has 0 atom stereocenters. The van der Waals surface area contributed by atoms with Crippen molar-refractivity contribution >= 4 is 33.3 Å². The van der Waals surface area contributed by atoms with Crippen LogP contribution in [0, 0.1) is 11.2 Å². The highest BCUT2D eigenvalue weighted by Crippen LogP contribution is 2.33. The lowest BCUT2D eigenvalue weighted by Gasteiger charge is -2.18. The minimum Gasteiger partial charge on any atom is -0.481 e. The smallest absolute Gasteiger partial charge is 0.309 e. The Morgan fingerprint density at radius 1 is 1.38 bits per heavy atom. The number of carboxylic acid groups (broad SMARTS) is 1. The fraction of sp³-hybridized carbons (Fsp3) is 0.412. The molecule has 1 aromatic carbocycles. The number of methoxy groups -OCH3 is 1. The van der Waals surface area contributed by atoms with Gasteiger partial charge >= 0.3 is 5.97 Å². The predicted octanol–water partition coefficient (Wildman–Crippen LogP) is 3.42. The monoisotopic (exact) mass is 353 g/mol. The van der Waals surface area contributed by atoms with Gasteiger partial charge in [-0.1, -0.05) is 6.07 Å². The van der Waals surface area contributed by atoms with E-state index >= 15 is 0 Å². The van der Waals surface area contributed by atoms with Crippen LogP contribution in [-0.4, -0.2) is 30.6 Å². The first kappa shape index (κ1) is 18.4. The highest BCUT2D eigenvalue weighted by molar-refractivity contribution is 7.21. The first-order chi connectivity index (χ1) is 11.3. The molecule has 0 saturated heterocycles. The number of carbonyl (C=O) groups is 2. The largest absolute Gasteiger partial charge is 0.481 e. The number of fused-ring (bicyclic) bond motifs is 1. The zero-order valence-corrected chi connectivity index (χ0v) is 14.6. The average Bonchev–Trinajstić information content (AvgIpc) is 2.87. The number of hydrogen-bond acceptors (Lipinski definition) is 4. The van der Waals surface area contributed by atoms with Gasteiger partial charge in [0.1, 0.15) is 5.82 Å². The summed E-state index contributed by atoms with van der Waals surface area (Å²) >= 11 is 1.20. The summed E-state index contributed by atoms with van der Waals surface area (Å²) in [5, 5.41) is 12.2. The van der Waals surface area contributed by atoms with Gasteiger partial charge in [0, 0.05) is 29.3 Å². The van der Waals surface area contributed by atoms with E-state index in [1.807, 2.05) is 0 Å². The molecule has 0 spiro atoms. The van der Waals surface area contributed by atoms with Gasteiger partial charge < -0.3 is 15.2 Å². The standard InChI is InChI=1S/C17H20FNO4S/c1-17(2,16(21)22)7-8-19-15(20)14-10(9-23-3)13-11(18)5-4-6-12(13)24-14/h4-6H,7-9H2,1-3H3,(H,19,20)(H,21,22). The molecule has 0 aliphatic carbocycles. The molecule has 0 aliphatic heterocycles. The van der Waals surface area contributed by atoms with Gasteiger partial charge in [0.15, 0.2) is 0 Å². The Balaban J connectivity index is 2.22. The van der Waals surface area contributed by atoms with Crippen LogP contribution >= 0.6 is 11.3 Å². The van der Waals surface area contributed by atoms with E-state index in [2.05, 4.69) is 5.32 Å². The van der Waals surface area contributed by atoms with Gasteiger partial charge in [0.25, 0.3) is 5.91 Å². The Morgan fingerprint density at radius 2 is 2.08 bits per heavy atom. The van der Waals surface area contributed by atoms with Crippen molar-refractivity contribution in [3.63, 3.8) is 0 Å². The zero-order chi connectivity index (χ0) is 17.9. The van der Waals surface area contributed by atoms with Crippen LogP contribution in [0.3, 0.4) is 0 Å². The summed E-state index contributed by atoms with van der Waals surface area (Å²) in [5.41, 5.74) is -0.403. The molecule has 1 heterocycles. The minimum atomic E-state index is -0.922. The molecule has 130 valence electrons. The summed E-state index contributed by atoms with van der Waals surface area (Å²) in [6.45, 7) is 3.56. The summed E-state index contributed by atoms with van der Waals surface area (Å²) in [5.74, 6) is -1.65. The topological polar surface area (TPSA) is 75.6 Å². The molecule has 0 saturated carbocycles. The lowest BCUT2D eigenvalue weighted by molar-refractivity contribution is -0.147. The first-order valence-electron chi connectivity index (χ1n) is 7.48. The van der Waals surface area contributed by atoms with Crippen molar-refractivity contribution in [2.24, 2.45) is 5.41 Å². The number of ether oxygens (including phenoxy) is 1. The second-order valence-corrected chi connectivity index (χ2v) is 7.20. The van der Waals surface area contributed by atoms with Crippen LogP contribution in [0.1, 0.15) is 35.5 Å². The number of rotatable bonds is 7. The Kier molecular flexibility index (Phi) is 5.56. The van der Waals surface area contributed by atoms with Gasteiger partial charge in [-0.2, -0.15) is 0 Å². The molecule has 2 N–H and O–H groups in total. The molecule has 7 heteroatoms. The molecule has 2 rings (SSSR count). The Labute approximate surface area is 143 Å². The van der Waals surface area contributed by atoms with Gasteiger partial charge in [-0.15, -0.1) is 11.3 Å². The second kappa shape index (κ2) is 7.27. The Morgan fingerprint density at radius 3 is 2.71 bits per heavy atom.